The molecule has 0 aliphatic heterocycles. The number of nitrogens with zero attached hydrogens (tertiary/aromatic N) is 1. The van der Waals surface area contributed by atoms with Gasteiger partial charge in [-0.25, -0.2) is 4.79 Å². The molecule has 0 heterocycles. The summed E-state index contributed by atoms with van der Waals surface area (Å²) >= 11 is 0. The number of hydrogen-bond acceptors (Lipinski definition) is 3. The number of carbonyl (C=O) groups excluding carboxylic acids is 1. The van der Waals surface area contributed by atoms with Crippen LogP contribution in [0.2, 0.25) is 0 Å². The molecule has 5 nitrogen and oxygen atoms in total. The van der Waals surface area contributed by atoms with Gasteiger partial charge in [0, 0.05) is 13.1 Å². The standard InChI is InChI=1S/C16H27N3O2/c1-12-10-14(3)15(11-13(12)2)21-9-7-18-16(20)17-6-8-19(4)5/h10-11H,6-9H2,1-5H3,(H2,17,18,20). The highest BCUT2D eigenvalue weighted by atomic mass is 16.5. The fraction of sp³-hybridized carbons (Fsp3) is 0.562. The lowest BCUT2D eigenvalue weighted by molar-refractivity contribution is 0.235. The van der Waals surface area contributed by atoms with Crippen LogP contribution in [-0.4, -0.2) is 51.3 Å². The third kappa shape index (κ3) is 6.49. The maximum Gasteiger partial charge on any atom is 0.314 e. The van der Waals surface area contributed by atoms with Crippen LogP contribution in [-0.2, 0) is 0 Å². The lowest BCUT2D eigenvalue weighted by Gasteiger charge is -2.13. The zero-order valence-electron chi connectivity index (χ0n) is 13.7. The molecule has 0 bridgehead atoms. The van der Waals surface area contributed by atoms with E-state index in [4.69, 9.17) is 4.74 Å². The van der Waals surface area contributed by atoms with Gasteiger partial charge in [-0.05, 0) is 57.6 Å². The Bertz CT molecular complexity index is 473. The number of aryl methyl sites for hydroxylation is 3. The van der Waals surface area contributed by atoms with Crippen LogP contribution < -0.4 is 15.4 Å². The predicted molar refractivity (Wildman–Crippen MR) is 86.1 cm³/mol. The molecule has 0 fully saturated rings. The maximum absolute atomic E-state index is 11.5. The van der Waals surface area contributed by atoms with Crippen molar-refractivity contribution >= 4 is 6.03 Å². The number of rotatable bonds is 7. The van der Waals surface area contributed by atoms with Gasteiger partial charge in [0.15, 0.2) is 0 Å². The number of urea groups is 1. The molecule has 0 spiro atoms. The van der Waals surface area contributed by atoms with Crippen LogP contribution >= 0.6 is 0 Å². The lowest BCUT2D eigenvalue weighted by Crippen LogP contribution is -2.40. The highest BCUT2D eigenvalue weighted by molar-refractivity contribution is 5.73. The summed E-state index contributed by atoms with van der Waals surface area (Å²) < 4.78 is 5.71. The van der Waals surface area contributed by atoms with Crippen molar-refractivity contribution in [1.82, 2.24) is 15.5 Å². The van der Waals surface area contributed by atoms with Crippen molar-refractivity contribution in [2.24, 2.45) is 0 Å². The summed E-state index contributed by atoms with van der Waals surface area (Å²) in [5, 5.41) is 5.57. The number of likely N-dealkylation sites (N-methyl/N-ethyl adjacent to an activating group) is 1. The molecule has 0 aliphatic carbocycles. The Hall–Kier alpha value is -1.75. The summed E-state index contributed by atoms with van der Waals surface area (Å²) in [6, 6.07) is 4.01. The van der Waals surface area contributed by atoms with Crippen LogP contribution in [0.25, 0.3) is 0 Å². The number of nitrogens with one attached hydrogen (secondary N) is 2. The SMILES string of the molecule is Cc1cc(C)c(OCCNC(=O)NCCN(C)C)cc1C. The fourth-order valence-corrected chi connectivity index (χ4v) is 1.87. The van der Waals surface area contributed by atoms with Crippen molar-refractivity contribution in [3.8, 4) is 5.75 Å². The Morgan fingerprint density at radius 1 is 1.05 bits per heavy atom. The van der Waals surface area contributed by atoms with Gasteiger partial charge in [0.05, 0.1) is 6.54 Å². The zero-order valence-corrected chi connectivity index (χ0v) is 13.7. The summed E-state index contributed by atoms with van der Waals surface area (Å²) in [5.41, 5.74) is 3.59. The van der Waals surface area contributed by atoms with Crippen molar-refractivity contribution in [3.05, 3.63) is 28.8 Å². The van der Waals surface area contributed by atoms with Crippen molar-refractivity contribution in [1.29, 1.82) is 0 Å². The van der Waals surface area contributed by atoms with Crippen LogP contribution in [0.1, 0.15) is 16.7 Å². The van der Waals surface area contributed by atoms with E-state index in [9.17, 15) is 4.79 Å². The first-order valence-corrected chi connectivity index (χ1v) is 7.27. The minimum absolute atomic E-state index is 0.155. The van der Waals surface area contributed by atoms with Gasteiger partial charge in [0.2, 0.25) is 0 Å². The maximum atomic E-state index is 11.5. The highest BCUT2D eigenvalue weighted by Gasteiger charge is 2.04. The minimum atomic E-state index is -0.155. The van der Waals surface area contributed by atoms with Gasteiger partial charge in [-0.15, -0.1) is 0 Å². The minimum Gasteiger partial charge on any atom is -0.491 e. The van der Waals surface area contributed by atoms with Crippen molar-refractivity contribution in [3.63, 3.8) is 0 Å². The number of benzene rings is 1. The average Bonchev–Trinajstić information content (AvgIpc) is 2.39. The van der Waals surface area contributed by atoms with Crippen LogP contribution in [0.4, 0.5) is 4.79 Å². The molecule has 0 aliphatic rings. The van der Waals surface area contributed by atoms with Gasteiger partial charge in [-0.2, -0.15) is 0 Å². The summed E-state index contributed by atoms with van der Waals surface area (Å²) in [4.78, 5) is 13.5. The van der Waals surface area contributed by atoms with Crippen molar-refractivity contribution < 1.29 is 9.53 Å². The molecule has 0 saturated carbocycles. The average molecular weight is 293 g/mol. The predicted octanol–water partition coefficient (Wildman–Crippen LogP) is 1.85. The summed E-state index contributed by atoms with van der Waals surface area (Å²) in [6.45, 7) is 8.60. The Labute approximate surface area is 127 Å². The molecule has 0 atom stereocenters. The van der Waals surface area contributed by atoms with E-state index in [1.165, 1.54) is 11.1 Å². The van der Waals surface area contributed by atoms with E-state index >= 15 is 0 Å². The van der Waals surface area contributed by atoms with Crippen LogP contribution in [0.5, 0.6) is 5.75 Å². The quantitative estimate of drug-likeness (QED) is 0.754. The number of carbonyl (C=O) groups is 1. The van der Waals surface area contributed by atoms with Gasteiger partial charge in [0.1, 0.15) is 12.4 Å². The van der Waals surface area contributed by atoms with Crippen molar-refractivity contribution in [2.45, 2.75) is 20.8 Å². The Balaban J connectivity index is 2.25. The van der Waals surface area contributed by atoms with E-state index in [-0.39, 0.29) is 6.03 Å². The van der Waals surface area contributed by atoms with Crippen LogP contribution in [0.3, 0.4) is 0 Å². The second-order valence-electron chi connectivity index (χ2n) is 5.54. The van der Waals surface area contributed by atoms with Gasteiger partial charge in [-0.3, -0.25) is 0 Å². The third-order valence-corrected chi connectivity index (χ3v) is 3.28. The largest absolute Gasteiger partial charge is 0.491 e. The lowest BCUT2D eigenvalue weighted by atomic mass is 10.1. The molecule has 5 heteroatoms. The van der Waals surface area contributed by atoms with Gasteiger partial charge in [-0.1, -0.05) is 6.07 Å². The smallest absolute Gasteiger partial charge is 0.314 e. The van der Waals surface area contributed by atoms with Gasteiger partial charge in [0.25, 0.3) is 0 Å². The molecule has 2 N–H and O–H groups in total. The third-order valence-electron chi connectivity index (χ3n) is 3.28. The first-order chi connectivity index (χ1) is 9.90. The summed E-state index contributed by atoms with van der Waals surface area (Å²) in [7, 11) is 3.94. The second-order valence-corrected chi connectivity index (χ2v) is 5.54. The topological polar surface area (TPSA) is 53.6 Å². The molecule has 1 rings (SSSR count). The van der Waals surface area contributed by atoms with E-state index in [2.05, 4.69) is 30.5 Å². The van der Waals surface area contributed by atoms with Crippen LogP contribution in [0, 0.1) is 20.8 Å². The van der Waals surface area contributed by atoms with E-state index in [0.29, 0.717) is 19.7 Å². The molecule has 118 valence electrons. The first-order valence-electron chi connectivity index (χ1n) is 7.27. The molecule has 0 saturated heterocycles. The second kappa shape index (κ2) is 8.52. The van der Waals surface area contributed by atoms with Gasteiger partial charge >= 0.3 is 6.03 Å². The first kappa shape index (κ1) is 17.3. The highest BCUT2D eigenvalue weighted by Crippen LogP contribution is 2.22. The normalized spacial score (nSPS) is 10.6. The van der Waals surface area contributed by atoms with E-state index in [0.717, 1.165) is 17.9 Å². The Morgan fingerprint density at radius 2 is 1.67 bits per heavy atom. The van der Waals surface area contributed by atoms with E-state index < -0.39 is 0 Å². The molecule has 2 amide bonds. The van der Waals surface area contributed by atoms with E-state index in [1.54, 1.807) is 0 Å². The Kier molecular flexibility index (Phi) is 7.02. The molecule has 21 heavy (non-hydrogen) atoms. The monoisotopic (exact) mass is 293 g/mol. The number of amides is 2. The van der Waals surface area contributed by atoms with Crippen LogP contribution in [0.15, 0.2) is 12.1 Å². The molecule has 0 radical (unpaired) electrons. The summed E-state index contributed by atoms with van der Waals surface area (Å²) in [5.74, 6) is 0.882. The molecule has 1 aromatic carbocycles. The van der Waals surface area contributed by atoms with Gasteiger partial charge < -0.3 is 20.3 Å². The molecular formula is C16H27N3O2. The summed E-state index contributed by atoms with van der Waals surface area (Å²) in [6.07, 6.45) is 0. The number of ether oxygens (including phenoxy) is 1. The zero-order chi connectivity index (χ0) is 15.8. The fourth-order valence-electron chi connectivity index (χ4n) is 1.87. The molecular weight excluding hydrogens is 266 g/mol. The molecule has 0 unspecified atom stereocenters. The molecule has 0 aromatic heterocycles. The van der Waals surface area contributed by atoms with E-state index in [1.807, 2.05) is 32.0 Å². The number of hydrogen-bond donors (Lipinski definition) is 2. The van der Waals surface area contributed by atoms with Crippen molar-refractivity contribution in [2.75, 3.05) is 40.3 Å². The Morgan fingerprint density at radius 3 is 2.33 bits per heavy atom. The molecule has 1 aromatic rings.